The van der Waals surface area contributed by atoms with E-state index in [0.29, 0.717) is 6.54 Å². The zero-order valence-electron chi connectivity index (χ0n) is 8.90. The van der Waals surface area contributed by atoms with Crippen LogP contribution in [0.4, 0.5) is 0 Å². The minimum absolute atomic E-state index is 0.0223. The Bertz CT molecular complexity index is 269. The standard InChI is InChI=1S/C11H19N3/c1-11(2,5-6-12)10(13)9-3-7-14-8-4-9/h3-4,7-8,10H,5-6,12-13H2,1-2H3. The highest BCUT2D eigenvalue weighted by molar-refractivity contribution is 5.16. The molecule has 0 aliphatic rings. The second kappa shape index (κ2) is 4.53. The lowest BCUT2D eigenvalue weighted by atomic mass is 9.78. The van der Waals surface area contributed by atoms with Crippen LogP contribution in [0.3, 0.4) is 0 Å². The molecule has 0 amide bonds. The van der Waals surface area contributed by atoms with Crippen molar-refractivity contribution < 1.29 is 0 Å². The van der Waals surface area contributed by atoms with Crippen LogP contribution < -0.4 is 11.5 Å². The summed E-state index contributed by atoms with van der Waals surface area (Å²) in [5.41, 5.74) is 12.9. The number of hydrogen-bond donors (Lipinski definition) is 2. The topological polar surface area (TPSA) is 64.9 Å². The lowest BCUT2D eigenvalue weighted by Crippen LogP contribution is -2.31. The predicted octanol–water partition coefficient (Wildman–Crippen LogP) is 1.46. The molecule has 0 saturated carbocycles. The monoisotopic (exact) mass is 193 g/mol. The van der Waals surface area contributed by atoms with Crippen molar-refractivity contribution in [1.82, 2.24) is 4.98 Å². The molecule has 0 aliphatic heterocycles. The van der Waals surface area contributed by atoms with Gasteiger partial charge in [-0.2, -0.15) is 0 Å². The van der Waals surface area contributed by atoms with Gasteiger partial charge in [0.25, 0.3) is 0 Å². The number of rotatable bonds is 4. The number of hydrogen-bond acceptors (Lipinski definition) is 3. The lowest BCUT2D eigenvalue weighted by molar-refractivity contribution is 0.271. The summed E-state index contributed by atoms with van der Waals surface area (Å²) in [4.78, 5) is 3.98. The Morgan fingerprint density at radius 2 is 1.93 bits per heavy atom. The van der Waals surface area contributed by atoms with Crippen molar-refractivity contribution in [1.29, 1.82) is 0 Å². The van der Waals surface area contributed by atoms with Crippen LogP contribution in [0.5, 0.6) is 0 Å². The molecule has 0 aliphatic carbocycles. The third-order valence-corrected chi connectivity index (χ3v) is 2.70. The van der Waals surface area contributed by atoms with Crippen molar-refractivity contribution >= 4 is 0 Å². The van der Waals surface area contributed by atoms with E-state index < -0.39 is 0 Å². The highest BCUT2D eigenvalue weighted by Gasteiger charge is 2.26. The predicted molar refractivity (Wildman–Crippen MR) is 58.6 cm³/mol. The lowest BCUT2D eigenvalue weighted by Gasteiger charge is -2.31. The smallest absolute Gasteiger partial charge is 0.0348 e. The highest BCUT2D eigenvalue weighted by atomic mass is 14.7. The quantitative estimate of drug-likeness (QED) is 0.760. The van der Waals surface area contributed by atoms with Crippen molar-refractivity contribution in [2.24, 2.45) is 16.9 Å². The van der Waals surface area contributed by atoms with Gasteiger partial charge < -0.3 is 11.5 Å². The summed E-state index contributed by atoms with van der Waals surface area (Å²) in [5, 5.41) is 0. The summed E-state index contributed by atoms with van der Waals surface area (Å²) in [6, 6.07) is 3.94. The fraction of sp³-hybridized carbons (Fsp3) is 0.545. The number of nitrogens with two attached hydrogens (primary N) is 2. The van der Waals surface area contributed by atoms with Crippen LogP contribution in [-0.4, -0.2) is 11.5 Å². The summed E-state index contributed by atoms with van der Waals surface area (Å²) in [5.74, 6) is 0. The Kier molecular flexibility index (Phi) is 3.61. The normalized spacial score (nSPS) is 14.0. The number of nitrogens with zero attached hydrogens (tertiary/aromatic N) is 1. The van der Waals surface area contributed by atoms with E-state index in [0.717, 1.165) is 12.0 Å². The Balaban J connectivity index is 2.79. The zero-order chi connectivity index (χ0) is 10.6. The van der Waals surface area contributed by atoms with Gasteiger partial charge in [-0.25, -0.2) is 0 Å². The van der Waals surface area contributed by atoms with Crippen LogP contribution in [0.25, 0.3) is 0 Å². The Labute approximate surface area is 85.5 Å². The Morgan fingerprint density at radius 3 is 2.43 bits per heavy atom. The first-order valence-corrected chi connectivity index (χ1v) is 4.93. The first-order valence-electron chi connectivity index (χ1n) is 4.93. The largest absolute Gasteiger partial charge is 0.330 e. The van der Waals surface area contributed by atoms with Gasteiger partial charge >= 0.3 is 0 Å². The van der Waals surface area contributed by atoms with Crippen molar-refractivity contribution in [3.63, 3.8) is 0 Å². The van der Waals surface area contributed by atoms with Crippen molar-refractivity contribution in [3.05, 3.63) is 30.1 Å². The molecule has 0 saturated heterocycles. The van der Waals surface area contributed by atoms with Crippen LogP contribution >= 0.6 is 0 Å². The van der Waals surface area contributed by atoms with E-state index in [-0.39, 0.29) is 11.5 Å². The molecule has 0 bridgehead atoms. The van der Waals surface area contributed by atoms with Crippen molar-refractivity contribution in [2.45, 2.75) is 26.3 Å². The average Bonchev–Trinajstić information content (AvgIpc) is 2.18. The molecule has 1 aromatic rings. The van der Waals surface area contributed by atoms with Gasteiger partial charge in [0, 0.05) is 18.4 Å². The van der Waals surface area contributed by atoms with E-state index in [4.69, 9.17) is 11.5 Å². The van der Waals surface area contributed by atoms with E-state index in [1.54, 1.807) is 12.4 Å². The van der Waals surface area contributed by atoms with Gasteiger partial charge in [-0.15, -0.1) is 0 Å². The van der Waals surface area contributed by atoms with Crippen LogP contribution in [0.1, 0.15) is 31.9 Å². The third-order valence-electron chi connectivity index (χ3n) is 2.70. The van der Waals surface area contributed by atoms with Gasteiger partial charge in [-0.05, 0) is 36.1 Å². The summed E-state index contributed by atoms with van der Waals surface area (Å²) in [6.07, 6.45) is 4.47. The maximum atomic E-state index is 6.18. The molecule has 3 nitrogen and oxygen atoms in total. The second-order valence-electron chi connectivity index (χ2n) is 4.29. The molecule has 0 radical (unpaired) electrons. The molecule has 1 heterocycles. The molecule has 1 atom stereocenters. The average molecular weight is 193 g/mol. The third kappa shape index (κ3) is 2.53. The molecule has 78 valence electrons. The summed E-state index contributed by atoms with van der Waals surface area (Å²) < 4.78 is 0. The Morgan fingerprint density at radius 1 is 1.36 bits per heavy atom. The number of pyridine rings is 1. The molecule has 4 N–H and O–H groups in total. The van der Waals surface area contributed by atoms with Gasteiger partial charge in [0.15, 0.2) is 0 Å². The van der Waals surface area contributed by atoms with Gasteiger partial charge in [0.1, 0.15) is 0 Å². The van der Waals surface area contributed by atoms with Crippen LogP contribution in [-0.2, 0) is 0 Å². The maximum absolute atomic E-state index is 6.18. The van der Waals surface area contributed by atoms with Gasteiger partial charge in [-0.3, -0.25) is 4.98 Å². The first-order chi connectivity index (χ1) is 6.58. The molecule has 1 unspecified atom stereocenters. The SMILES string of the molecule is CC(C)(CCN)C(N)c1ccncc1. The molecule has 3 heteroatoms. The highest BCUT2D eigenvalue weighted by Crippen LogP contribution is 2.33. The van der Waals surface area contributed by atoms with E-state index in [9.17, 15) is 0 Å². The molecular formula is C11H19N3. The zero-order valence-corrected chi connectivity index (χ0v) is 8.90. The summed E-state index contributed by atoms with van der Waals surface area (Å²) in [6.45, 7) is 4.96. The van der Waals surface area contributed by atoms with E-state index in [2.05, 4.69) is 18.8 Å². The van der Waals surface area contributed by atoms with E-state index in [1.165, 1.54) is 0 Å². The fourth-order valence-corrected chi connectivity index (χ4v) is 1.55. The summed E-state index contributed by atoms with van der Waals surface area (Å²) in [7, 11) is 0. The van der Waals surface area contributed by atoms with E-state index >= 15 is 0 Å². The summed E-state index contributed by atoms with van der Waals surface area (Å²) >= 11 is 0. The molecule has 0 fully saturated rings. The van der Waals surface area contributed by atoms with Crippen LogP contribution in [0.2, 0.25) is 0 Å². The van der Waals surface area contributed by atoms with Crippen LogP contribution in [0, 0.1) is 5.41 Å². The molecule has 0 aromatic carbocycles. The van der Waals surface area contributed by atoms with Crippen molar-refractivity contribution in [3.8, 4) is 0 Å². The van der Waals surface area contributed by atoms with Gasteiger partial charge in [0.05, 0.1) is 0 Å². The maximum Gasteiger partial charge on any atom is 0.0348 e. The molecule has 0 spiro atoms. The van der Waals surface area contributed by atoms with Crippen molar-refractivity contribution in [2.75, 3.05) is 6.54 Å². The molecule has 1 rings (SSSR count). The van der Waals surface area contributed by atoms with Crippen LogP contribution in [0.15, 0.2) is 24.5 Å². The minimum Gasteiger partial charge on any atom is -0.330 e. The Hall–Kier alpha value is -0.930. The molecular weight excluding hydrogens is 174 g/mol. The van der Waals surface area contributed by atoms with Gasteiger partial charge in [0.2, 0.25) is 0 Å². The van der Waals surface area contributed by atoms with E-state index in [1.807, 2.05) is 12.1 Å². The first kappa shape index (κ1) is 11.1. The van der Waals surface area contributed by atoms with Gasteiger partial charge in [-0.1, -0.05) is 13.8 Å². The molecule has 14 heavy (non-hydrogen) atoms. The minimum atomic E-state index is 0.0223. The molecule has 1 aromatic heterocycles. The second-order valence-corrected chi connectivity index (χ2v) is 4.29. The fourth-order valence-electron chi connectivity index (χ4n) is 1.55. The number of aromatic nitrogens is 1.